The summed E-state index contributed by atoms with van der Waals surface area (Å²) < 4.78 is 5.10. The molecule has 29 heavy (non-hydrogen) atoms. The Morgan fingerprint density at radius 1 is 1.31 bits per heavy atom. The van der Waals surface area contributed by atoms with Gasteiger partial charge in [0, 0.05) is 19.7 Å². The summed E-state index contributed by atoms with van der Waals surface area (Å²) in [7, 11) is 0. The van der Waals surface area contributed by atoms with Gasteiger partial charge < -0.3 is 20.5 Å². The second-order valence-electron chi connectivity index (χ2n) is 6.93. The Morgan fingerprint density at radius 3 is 2.48 bits per heavy atom. The van der Waals surface area contributed by atoms with Crippen LogP contribution in [0.5, 0.6) is 0 Å². The van der Waals surface area contributed by atoms with Crippen LogP contribution in [-0.2, 0) is 4.74 Å². The van der Waals surface area contributed by atoms with E-state index < -0.39 is 0 Å². The van der Waals surface area contributed by atoms with Gasteiger partial charge in [-0.3, -0.25) is 4.99 Å². The van der Waals surface area contributed by atoms with Gasteiger partial charge in [-0.1, -0.05) is 13.8 Å². The number of aryl methyl sites for hydroxylation is 1. The minimum absolute atomic E-state index is 0. The fraction of sp³-hybridized carbons (Fsp3) is 0.750. The minimum atomic E-state index is -0.323. The van der Waals surface area contributed by atoms with Gasteiger partial charge in [0.05, 0.1) is 18.3 Å². The first kappa shape index (κ1) is 28.1. The molecule has 3 N–H and O–H groups in total. The van der Waals surface area contributed by atoms with Crippen LogP contribution >= 0.6 is 35.3 Å². The van der Waals surface area contributed by atoms with Crippen LogP contribution in [0.3, 0.4) is 0 Å². The molecule has 1 aromatic rings. The summed E-state index contributed by atoms with van der Waals surface area (Å²) in [4.78, 5) is 21.9. The van der Waals surface area contributed by atoms with Crippen molar-refractivity contribution in [3.8, 4) is 0 Å². The van der Waals surface area contributed by atoms with E-state index >= 15 is 0 Å². The molecule has 1 aromatic heterocycles. The molecule has 0 saturated carbocycles. The third-order valence-electron chi connectivity index (χ3n) is 5.06. The van der Waals surface area contributed by atoms with Crippen LogP contribution in [0.15, 0.2) is 4.99 Å². The highest BCUT2D eigenvalue weighted by molar-refractivity contribution is 14.0. The lowest BCUT2D eigenvalue weighted by Gasteiger charge is -2.29. The number of nitrogens with zero attached hydrogens (tertiary/aromatic N) is 2. The number of aliphatic hydroxyl groups is 1. The van der Waals surface area contributed by atoms with Crippen LogP contribution in [-0.4, -0.2) is 48.3 Å². The van der Waals surface area contributed by atoms with Crippen molar-refractivity contribution in [2.24, 2.45) is 10.4 Å². The Kier molecular flexibility index (Phi) is 13.7. The fourth-order valence-corrected chi connectivity index (χ4v) is 3.93. The Morgan fingerprint density at radius 2 is 1.97 bits per heavy atom. The number of guanidine groups is 1. The van der Waals surface area contributed by atoms with Gasteiger partial charge >= 0.3 is 5.97 Å². The predicted molar refractivity (Wildman–Crippen MR) is 130 cm³/mol. The topological polar surface area (TPSA) is 95.8 Å². The standard InChI is InChI=1S/C20H36N4O3S.HI/c1-7-20(8-2,11-12-25)13-22-19(21-9-3)24-15(6)17-23-14(5)16(28-17)18(26)27-10-4;/h15,25H,7-13H2,1-6H3,(H2,21,22,24);1H. The summed E-state index contributed by atoms with van der Waals surface area (Å²) in [6.45, 7) is 13.8. The van der Waals surface area contributed by atoms with E-state index in [1.54, 1.807) is 6.92 Å². The van der Waals surface area contributed by atoms with Gasteiger partial charge in [-0.15, -0.1) is 35.3 Å². The number of carbonyl (C=O) groups is 1. The largest absolute Gasteiger partial charge is 0.462 e. The number of thiazole rings is 1. The van der Waals surface area contributed by atoms with Gasteiger partial charge in [0.2, 0.25) is 0 Å². The Bertz CT molecular complexity index is 648. The molecular weight excluding hydrogens is 503 g/mol. The third-order valence-corrected chi connectivity index (χ3v) is 6.38. The number of esters is 1. The second-order valence-corrected chi connectivity index (χ2v) is 7.96. The molecule has 0 saturated heterocycles. The molecule has 168 valence electrons. The van der Waals surface area contributed by atoms with E-state index in [2.05, 4.69) is 29.5 Å². The zero-order chi connectivity index (χ0) is 21.2. The number of rotatable bonds is 11. The minimum Gasteiger partial charge on any atom is -0.462 e. The Hall–Kier alpha value is -0.940. The summed E-state index contributed by atoms with van der Waals surface area (Å²) in [5.41, 5.74) is 0.697. The summed E-state index contributed by atoms with van der Waals surface area (Å²) in [6.07, 6.45) is 2.68. The van der Waals surface area contributed by atoms with Gasteiger partial charge in [-0.2, -0.15) is 0 Å². The zero-order valence-electron chi connectivity index (χ0n) is 18.5. The first-order chi connectivity index (χ1) is 13.4. The number of aliphatic imine (C=N–C) groups is 1. The molecule has 0 amide bonds. The van der Waals surface area contributed by atoms with Crippen LogP contribution in [0.25, 0.3) is 0 Å². The summed E-state index contributed by atoms with van der Waals surface area (Å²) >= 11 is 1.35. The SMILES string of the molecule is CCNC(=NCC(CC)(CC)CCO)NC(C)c1nc(C)c(C(=O)OCC)s1.I. The first-order valence-electron chi connectivity index (χ1n) is 10.2. The van der Waals surface area contributed by atoms with Crippen molar-refractivity contribution in [2.75, 3.05) is 26.3 Å². The predicted octanol–water partition coefficient (Wildman–Crippen LogP) is 4.05. The molecular formula is C20H37IN4O3S. The maximum absolute atomic E-state index is 12.0. The number of ether oxygens (including phenoxy) is 1. The van der Waals surface area contributed by atoms with E-state index in [1.807, 2.05) is 20.8 Å². The molecule has 0 spiro atoms. The molecule has 0 aliphatic heterocycles. The van der Waals surface area contributed by atoms with Crippen LogP contribution < -0.4 is 10.6 Å². The van der Waals surface area contributed by atoms with E-state index in [4.69, 9.17) is 9.73 Å². The number of hydrogen-bond donors (Lipinski definition) is 3. The fourth-order valence-electron chi connectivity index (χ4n) is 2.97. The highest BCUT2D eigenvalue weighted by Crippen LogP contribution is 2.30. The van der Waals surface area contributed by atoms with E-state index in [1.165, 1.54) is 11.3 Å². The molecule has 0 bridgehead atoms. The summed E-state index contributed by atoms with van der Waals surface area (Å²) in [5, 5.41) is 16.9. The molecule has 0 radical (unpaired) electrons. The molecule has 9 heteroatoms. The van der Waals surface area contributed by atoms with E-state index in [0.717, 1.165) is 30.8 Å². The monoisotopic (exact) mass is 540 g/mol. The van der Waals surface area contributed by atoms with E-state index in [-0.39, 0.29) is 48.0 Å². The highest BCUT2D eigenvalue weighted by Gasteiger charge is 2.26. The van der Waals surface area contributed by atoms with Gasteiger partial charge in [-0.25, -0.2) is 9.78 Å². The number of halogens is 1. The van der Waals surface area contributed by atoms with Crippen molar-refractivity contribution in [2.45, 2.75) is 66.8 Å². The van der Waals surface area contributed by atoms with Gasteiger partial charge in [0.15, 0.2) is 5.96 Å². The number of aliphatic hydroxyl groups excluding tert-OH is 1. The maximum atomic E-state index is 12.0. The van der Waals surface area contributed by atoms with Crippen molar-refractivity contribution in [1.29, 1.82) is 0 Å². The van der Waals surface area contributed by atoms with E-state index in [0.29, 0.717) is 29.7 Å². The maximum Gasteiger partial charge on any atom is 0.350 e. The quantitative estimate of drug-likeness (QED) is 0.170. The van der Waals surface area contributed by atoms with Crippen LogP contribution in [0.1, 0.15) is 80.3 Å². The van der Waals surface area contributed by atoms with Gasteiger partial charge in [0.25, 0.3) is 0 Å². The molecule has 0 aromatic carbocycles. The molecule has 1 atom stereocenters. The van der Waals surface area contributed by atoms with Crippen molar-refractivity contribution < 1.29 is 14.6 Å². The first-order valence-corrected chi connectivity index (χ1v) is 11.0. The van der Waals surface area contributed by atoms with Gasteiger partial charge in [0.1, 0.15) is 9.88 Å². The van der Waals surface area contributed by atoms with Crippen LogP contribution in [0.2, 0.25) is 0 Å². The van der Waals surface area contributed by atoms with Crippen molar-refractivity contribution in [3.05, 3.63) is 15.6 Å². The lowest BCUT2D eigenvalue weighted by Crippen LogP contribution is -2.40. The lowest BCUT2D eigenvalue weighted by atomic mass is 9.79. The molecule has 0 aliphatic rings. The smallest absolute Gasteiger partial charge is 0.350 e. The summed E-state index contributed by atoms with van der Waals surface area (Å²) in [6, 6.07) is -0.0971. The number of hydrogen-bond acceptors (Lipinski definition) is 6. The average Bonchev–Trinajstić information content (AvgIpc) is 3.07. The third kappa shape index (κ3) is 8.37. The Balaban J connectivity index is 0.00000784. The highest BCUT2D eigenvalue weighted by atomic mass is 127. The second kappa shape index (κ2) is 14.1. The van der Waals surface area contributed by atoms with Crippen molar-refractivity contribution in [3.63, 3.8) is 0 Å². The molecule has 0 aliphatic carbocycles. The van der Waals surface area contributed by atoms with Crippen molar-refractivity contribution >= 4 is 47.2 Å². The van der Waals surface area contributed by atoms with Crippen LogP contribution in [0.4, 0.5) is 0 Å². The number of nitrogens with one attached hydrogen (secondary N) is 2. The zero-order valence-corrected chi connectivity index (χ0v) is 21.6. The number of carbonyl (C=O) groups excluding carboxylic acids is 1. The molecule has 0 fully saturated rings. The van der Waals surface area contributed by atoms with Crippen molar-refractivity contribution in [1.82, 2.24) is 15.6 Å². The molecule has 1 rings (SSSR count). The Labute approximate surface area is 196 Å². The summed E-state index contributed by atoms with van der Waals surface area (Å²) in [5.74, 6) is 0.390. The van der Waals surface area contributed by atoms with E-state index in [9.17, 15) is 9.90 Å². The normalized spacial score (nSPS) is 12.9. The van der Waals surface area contributed by atoms with Gasteiger partial charge in [-0.05, 0) is 52.4 Å². The average molecular weight is 541 g/mol. The molecule has 1 heterocycles. The lowest BCUT2D eigenvalue weighted by molar-refractivity contribution is 0.0531. The molecule has 7 nitrogen and oxygen atoms in total. The van der Waals surface area contributed by atoms with Crippen LogP contribution in [0, 0.1) is 12.3 Å². The molecule has 1 unspecified atom stereocenters. The number of aromatic nitrogens is 1.